The predicted molar refractivity (Wildman–Crippen MR) is 78.3 cm³/mol. The van der Waals surface area contributed by atoms with Gasteiger partial charge in [0.1, 0.15) is 5.60 Å². The Morgan fingerprint density at radius 2 is 1.90 bits per heavy atom. The molecule has 0 heterocycles. The summed E-state index contributed by atoms with van der Waals surface area (Å²) in [6, 6.07) is 3.49. The monoisotopic (exact) mass is 332 g/mol. The van der Waals surface area contributed by atoms with Crippen molar-refractivity contribution in [2.75, 3.05) is 0 Å². The van der Waals surface area contributed by atoms with Crippen LogP contribution in [-0.2, 0) is 16.0 Å². The summed E-state index contributed by atoms with van der Waals surface area (Å²) >= 11 is 11.6. The third-order valence-corrected chi connectivity index (χ3v) is 3.14. The van der Waals surface area contributed by atoms with E-state index >= 15 is 0 Å². The molecular weight excluding hydrogens is 317 g/mol. The standard InChI is InChI=1S/C14H17Cl2NO4/c1-14(2,3)21-13(20)17-11(12(18)19)7-8-4-5-9(15)10(16)6-8/h4-6,11H,7H2,1-3H3,(H,17,20)(H,18,19)/p-1. The molecule has 0 bridgehead atoms. The first-order chi connectivity index (χ1) is 9.58. The Morgan fingerprint density at radius 1 is 1.29 bits per heavy atom. The van der Waals surface area contributed by atoms with E-state index in [0.29, 0.717) is 15.6 Å². The Hall–Kier alpha value is -1.46. The first-order valence-electron chi connectivity index (χ1n) is 6.23. The molecule has 1 aromatic carbocycles. The van der Waals surface area contributed by atoms with E-state index in [2.05, 4.69) is 5.32 Å². The molecule has 0 saturated carbocycles. The van der Waals surface area contributed by atoms with Gasteiger partial charge < -0.3 is 20.0 Å². The lowest BCUT2D eigenvalue weighted by Gasteiger charge is -2.24. The van der Waals surface area contributed by atoms with Gasteiger partial charge in [-0.2, -0.15) is 0 Å². The van der Waals surface area contributed by atoms with Gasteiger partial charge >= 0.3 is 6.09 Å². The smallest absolute Gasteiger partial charge is 0.408 e. The number of rotatable bonds is 4. The Morgan fingerprint density at radius 3 is 2.38 bits per heavy atom. The third-order valence-electron chi connectivity index (χ3n) is 2.40. The molecule has 21 heavy (non-hydrogen) atoms. The summed E-state index contributed by atoms with van der Waals surface area (Å²) in [6.45, 7) is 5.04. The third kappa shape index (κ3) is 6.23. The molecule has 1 atom stereocenters. The van der Waals surface area contributed by atoms with Crippen LogP contribution in [0.1, 0.15) is 26.3 Å². The minimum atomic E-state index is -1.41. The molecule has 0 radical (unpaired) electrons. The quantitative estimate of drug-likeness (QED) is 0.916. The molecule has 1 aromatic rings. The summed E-state index contributed by atoms with van der Waals surface area (Å²) < 4.78 is 5.01. The SMILES string of the molecule is CC(C)(C)OC(=O)NC(Cc1ccc(Cl)c(Cl)c1)C(=O)[O-]. The van der Waals surface area contributed by atoms with Crippen LogP contribution in [0.3, 0.4) is 0 Å². The number of nitrogens with one attached hydrogen (secondary N) is 1. The maximum Gasteiger partial charge on any atom is 0.408 e. The summed E-state index contributed by atoms with van der Waals surface area (Å²) in [5.74, 6) is -1.41. The van der Waals surface area contributed by atoms with Crippen molar-refractivity contribution in [2.45, 2.75) is 38.8 Å². The van der Waals surface area contributed by atoms with E-state index in [1.807, 2.05) is 0 Å². The van der Waals surface area contributed by atoms with Crippen LogP contribution in [-0.4, -0.2) is 23.7 Å². The second kappa shape index (κ2) is 7.00. The highest BCUT2D eigenvalue weighted by Gasteiger charge is 2.20. The Bertz CT molecular complexity index is 540. The van der Waals surface area contributed by atoms with E-state index in [1.165, 1.54) is 6.07 Å². The van der Waals surface area contributed by atoms with Crippen molar-refractivity contribution in [1.82, 2.24) is 5.32 Å². The molecule has 1 unspecified atom stereocenters. The second-order valence-corrected chi connectivity index (χ2v) is 6.28. The van der Waals surface area contributed by atoms with Crippen LogP contribution in [0, 0.1) is 0 Å². The average molecular weight is 333 g/mol. The highest BCUT2D eigenvalue weighted by molar-refractivity contribution is 6.42. The fourth-order valence-corrected chi connectivity index (χ4v) is 1.87. The van der Waals surface area contributed by atoms with E-state index in [0.717, 1.165) is 0 Å². The number of carboxylic acid groups (broad SMARTS) is 1. The minimum absolute atomic E-state index is 0.0124. The minimum Gasteiger partial charge on any atom is -0.548 e. The zero-order valence-corrected chi connectivity index (χ0v) is 13.4. The largest absolute Gasteiger partial charge is 0.548 e. The van der Waals surface area contributed by atoms with Gasteiger partial charge in [0.15, 0.2) is 0 Å². The highest BCUT2D eigenvalue weighted by atomic mass is 35.5. The van der Waals surface area contributed by atoms with Crippen LogP contribution < -0.4 is 10.4 Å². The summed E-state index contributed by atoms with van der Waals surface area (Å²) in [5, 5.41) is 14.0. The second-order valence-electron chi connectivity index (χ2n) is 5.47. The van der Waals surface area contributed by atoms with E-state index in [4.69, 9.17) is 27.9 Å². The molecule has 0 aromatic heterocycles. The van der Waals surface area contributed by atoms with Gasteiger partial charge in [0.25, 0.3) is 0 Å². The van der Waals surface area contributed by atoms with E-state index in [9.17, 15) is 14.7 Å². The van der Waals surface area contributed by atoms with Crippen LogP contribution in [0.4, 0.5) is 4.79 Å². The van der Waals surface area contributed by atoms with E-state index in [1.54, 1.807) is 32.9 Å². The van der Waals surface area contributed by atoms with Crippen molar-refractivity contribution >= 4 is 35.3 Å². The van der Waals surface area contributed by atoms with Crippen LogP contribution in [0.5, 0.6) is 0 Å². The topological polar surface area (TPSA) is 78.5 Å². The number of carboxylic acids is 1. The molecule has 0 aliphatic rings. The number of carbonyl (C=O) groups excluding carboxylic acids is 2. The molecule has 0 aliphatic carbocycles. The molecule has 1 rings (SSSR count). The fraction of sp³-hybridized carbons (Fsp3) is 0.429. The van der Waals surface area contributed by atoms with Crippen molar-refractivity contribution in [3.05, 3.63) is 33.8 Å². The van der Waals surface area contributed by atoms with Gasteiger partial charge in [0, 0.05) is 0 Å². The van der Waals surface area contributed by atoms with Gasteiger partial charge in [-0.05, 0) is 44.9 Å². The van der Waals surface area contributed by atoms with Crippen LogP contribution in [0.25, 0.3) is 0 Å². The van der Waals surface area contributed by atoms with Gasteiger partial charge in [-0.1, -0.05) is 29.3 Å². The van der Waals surface area contributed by atoms with Crippen LogP contribution in [0.15, 0.2) is 18.2 Å². The number of alkyl carbamates (subject to hydrolysis) is 1. The molecule has 116 valence electrons. The lowest BCUT2D eigenvalue weighted by molar-refractivity contribution is -0.308. The number of benzene rings is 1. The van der Waals surface area contributed by atoms with Gasteiger partial charge in [0.05, 0.1) is 22.1 Å². The first-order valence-corrected chi connectivity index (χ1v) is 6.98. The Labute approximate surface area is 133 Å². The molecule has 7 heteroatoms. The fourth-order valence-electron chi connectivity index (χ4n) is 1.55. The number of amides is 1. The molecule has 0 aliphatic heterocycles. The number of ether oxygens (including phenoxy) is 1. The predicted octanol–water partition coefficient (Wildman–Crippen LogP) is 2.18. The van der Waals surface area contributed by atoms with Crippen molar-refractivity contribution < 1.29 is 19.4 Å². The molecular formula is C14H16Cl2NO4-. The molecule has 1 N–H and O–H groups in total. The molecule has 1 amide bonds. The number of carbonyl (C=O) groups is 2. The maximum atomic E-state index is 11.6. The molecule has 0 spiro atoms. The van der Waals surface area contributed by atoms with Crippen molar-refractivity contribution in [3.8, 4) is 0 Å². The summed E-state index contributed by atoms with van der Waals surface area (Å²) in [6.07, 6.45) is -0.810. The summed E-state index contributed by atoms with van der Waals surface area (Å²) in [4.78, 5) is 22.7. The number of hydrogen-bond acceptors (Lipinski definition) is 4. The summed E-state index contributed by atoms with van der Waals surface area (Å²) in [5.41, 5.74) is -0.112. The average Bonchev–Trinajstić information content (AvgIpc) is 2.30. The number of halogens is 2. The normalized spacial score (nSPS) is 12.6. The first kappa shape index (κ1) is 17.6. The lowest BCUT2D eigenvalue weighted by atomic mass is 10.1. The number of aliphatic carboxylic acids is 1. The van der Waals surface area contributed by atoms with E-state index < -0.39 is 23.7 Å². The van der Waals surface area contributed by atoms with Crippen molar-refractivity contribution in [3.63, 3.8) is 0 Å². The van der Waals surface area contributed by atoms with Crippen LogP contribution in [0.2, 0.25) is 10.0 Å². The van der Waals surface area contributed by atoms with E-state index in [-0.39, 0.29) is 6.42 Å². The van der Waals surface area contributed by atoms with Gasteiger partial charge in [-0.25, -0.2) is 4.79 Å². The molecule has 5 nitrogen and oxygen atoms in total. The van der Waals surface area contributed by atoms with Gasteiger partial charge in [-0.3, -0.25) is 0 Å². The maximum absolute atomic E-state index is 11.6. The van der Waals surface area contributed by atoms with Crippen LogP contribution >= 0.6 is 23.2 Å². The lowest BCUT2D eigenvalue weighted by Crippen LogP contribution is -2.50. The van der Waals surface area contributed by atoms with Gasteiger partial charge in [0.2, 0.25) is 0 Å². The number of hydrogen-bond donors (Lipinski definition) is 1. The Kier molecular flexibility index (Phi) is 5.87. The molecule has 0 fully saturated rings. The van der Waals surface area contributed by atoms with Gasteiger partial charge in [-0.15, -0.1) is 0 Å². The zero-order valence-electron chi connectivity index (χ0n) is 11.9. The zero-order chi connectivity index (χ0) is 16.2. The summed E-state index contributed by atoms with van der Waals surface area (Å²) in [7, 11) is 0. The molecule has 0 saturated heterocycles. The van der Waals surface area contributed by atoms with Crippen molar-refractivity contribution in [1.29, 1.82) is 0 Å². The highest BCUT2D eigenvalue weighted by Crippen LogP contribution is 2.23. The Balaban J connectivity index is 2.76. The van der Waals surface area contributed by atoms with Crippen molar-refractivity contribution in [2.24, 2.45) is 0 Å².